The van der Waals surface area contributed by atoms with E-state index in [4.69, 9.17) is 4.74 Å². The van der Waals surface area contributed by atoms with Crippen LogP contribution in [-0.2, 0) is 10.2 Å². The van der Waals surface area contributed by atoms with E-state index in [-0.39, 0.29) is 17.3 Å². The number of benzene rings is 1. The maximum atomic E-state index is 10.3. The average molecular weight is 236 g/mol. The summed E-state index contributed by atoms with van der Waals surface area (Å²) in [5.74, 6) is 0.544. The summed E-state index contributed by atoms with van der Waals surface area (Å²) in [5, 5.41) is 9.86. The van der Waals surface area contributed by atoms with E-state index in [1.165, 1.54) is 0 Å². The molecule has 1 rings (SSSR count). The number of phenols is 1. The summed E-state index contributed by atoms with van der Waals surface area (Å²) in [4.78, 5) is 10.3. The summed E-state index contributed by atoms with van der Waals surface area (Å²) in [6.45, 7) is 8.04. The standard InChI is InChI=1S/C14H20O3/c1-10(7-8-15)17-13-6-5-11(9-12(13)16)14(2,3)4/h5-6,8-10,16H,7H2,1-4H3. The second-order valence-electron chi connectivity index (χ2n) is 5.26. The Morgan fingerprint density at radius 3 is 2.53 bits per heavy atom. The van der Waals surface area contributed by atoms with Crippen molar-refractivity contribution < 1.29 is 14.6 Å². The Morgan fingerprint density at radius 2 is 2.06 bits per heavy atom. The first-order chi connectivity index (χ1) is 7.84. The zero-order valence-electron chi connectivity index (χ0n) is 10.9. The summed E-state index contributed by atoms with van der Waals surface area (Å²) in [6, 6.07) is 5.39. The van der Waals surface area contributed by atoms with Crippen molar-refractivity contribution in [2.24, 2.45) is 0 Å². The number of rotatable bonds is 4. The van der Waals surface area contributed by atoms with Crippen LogP contribution < -0.4 is 4.74 Å². The molecule has 0 saturated heterocycles. The predicted molar refractivity (Wildman–Crippen MR) is 67.6 cm³/mol. The molecule has 0 aliphatic rings. The van der Waals surface area contributed by atoms with Crippen LogP contribution >= 0.6 is 0 Å². The van der Waals surface area contributed by atoms with Crippen molar-refractivity contribution in [2.75, 3.05) is 0 Å². The van der Waals surface area contributed by atoms with Crippen molar-refractivity contribution in [2.45, 2.75) is 45.6 Å². The number of hydrogen-bond acceptors (Lipinski definition) is 3. The third-order valence-electron chi connectivity index (χ3n) is 2.58. The molecule has 1 atom stereocenters. The Bertz CT molecular complexity index is 391. The molecule has 0 amide bonds. The number of aldehydes is 1. The molecule has 0 aromatic heterocycles. The first kappa shape index (κ1) is 13.6. The Kier molecular flexibility index (Phi) is 4.16. The molecule has 0 aliphatic carbocycles. The average Bonchev–Trinajstić information content (AvgIpc) is 2.20. The van der Waals surface area contributed by atoms with Crippen molar-refractivity contribution in [1.82, 2.24) is 0 Å². The van der Waals surface area contributed by atoms with Crippen LogP contribution in [0.15, 0.2) is 18.2 Å². The Labute approximate surface area is 102 Å². The number of aromatic hydroxyl groups is 1. The van der Waals surface area contributed by atoms with Gasteiger partial charge < -0.3 is 14.6 Å². The minimum atomic E-state index is -0.223. The molecule has 0 radical (unpaired) electrons. The molecule has 1 aromatic rings. The molecule has 1 N–H and O–H groups in total. The number of ether oxygens (including phenoxy) is 1. The lowest BCUT2D eigenvalue weighted by molar-refractivity contribution is -0.109. The van der Waals surface area contributed by atoms with Gasteiger partial charge in [0.25, 0.3) is 0 Å². The fourth-order valence-corrected chi connectivity index (χ4v) is 1.48. The number of phenolic OH excluding ortho intramolecular Hbond substituents is 1. The van der Waals surface area contributed by atoms with E-state index in [9.17, 15) is 9.90 Å². The molecular weight excluding hydrogens is 216 g/mol. The molecule has 1 aromatic carbocycles. The molecule has 94 valence electrons. The van der Waals surface area contributed by atoms with Gasteiger partial charge in [0.05, 0.1) is 0 Å². The van der Waals surface area contributed by atoms with Crippen LogP contribution in [0.5, 0.6) is 11.5 Å². The zero-order chi connectivity index (χ0) is 13.1. The van der Waals surface area contributed by atoms with Gasteiger partial charge in [0, 0.05) is 6.42 Å². The fraction of sp³-hybridized carbons (Fsp3) is 0.500. The van der Waals surface area contributed by atoms with E-state index < -0.39 is 0 Å². The zero-order valence-corrected chi connectivity index (χ0v) is 10.9. The summed E-state index contributed by atoms with van der Waals surface area (Å²) < 4.78 is 5.47. The van der Waals surface area contributed by atoms with E-state index in [1.807, 2.05) is 6.07 Å². The lowest BCUT2D eigenvalue weighted by Crippen LogP contribution is -2.13. The first-order valence-electron chi connectivity index (χ1n) is 5.78. The van der Waals surface area contributed by atoms with Gasteiger partial charge in [-0.05, 0) is 30.0 Å². The maximum absolute atomic E-state index is 10.3. The van der Waals surface area contributed by atoms with Crippen LogP contribution in [0.3, 0.4) is 0 Å². The van der Waals surface area contributed by atoms with Crippen molar-refractivity contribution in [1.29, 1.82) is 0 Å². The van der Waals surface area contributed by atoms with Gasteiger partial charge in [-0.3, -0.25) is 0 Å². The molecule has 0 bridgehead atoms. The second kappa shape index (κ2) is 5.21. The molecule has 3 nitrogen and oxygen atoms in total. The summed E-state index contributed by atoms with van der Waals surface area (Å²) in [7, 11) is 0. The highest BCUT2D eigenvalue weighted by Crippen LogP contribution is 2.32. The van der Waals surface area contributed by atoms with Gasteiger partial charge in [-0.15, -0.1) is 0 Å². The van der Waals surface area contributed by atoms with Gasteiger partial charge in [0.1, 0.15) is 12.4 Å². The highest BCUT2D eigenvalue weighted by molar-refractivity contribution is 5.50. The predicted octanol–water partition coefficient (Wildman–Crippen LogP) is 3.05. The summed E-state index contributed by atoms with van der Waals surface area (Å²) in [5.41, 5.74) is 1.04. The molecule has 17 heavy (non-hydrogen) atoms. The first-order valence-corrected chi connectivity index (χ1v) is 5.78. The van der Waals surface area contributed by atoms with E-state index >= 15 is 0 Å². The van der Waals surface area contributed by atoms with Gasteiger partial charge in [-0.25, -0.2) is 0 Å². The normalized spacial score (nSPS) is 13.2. The molecular formula is C14H20O3. The molecule has 1 unspecified atom stereocenters. The van der Waals surface area contributed by atoms with Crippen molar-refractivity contribution >= 4 is 6.29 Å². The van der Waals surface area contributed by atoms with Crippen LogP contribution in [0.25, 0.3) is 0 Å². The van der Waals surface area contributed by atoms with E-state index in [0.717, 1.165) is 11.8 Å². The van der Waals surface area contributed by atoms with Crippen LogP contribution in [0.4, 0.5) is 0 Å². The molecule has 0 saturated carbocycles. The molecule has 0 fully saturated rings. The van der Waals surface area contributed by atoms with Crippen LogP contribution in [0.2, 0.25) is 0 Å². The number of carbonyl (C=O) groups is 1. The van der Waals surface area contributed by atoms with Crippen molar-refractivity contribution in [3.05, 3.63) is 23.8 Å². The highest BCUT2D eigenvalue weighted by atomic mass is 16.5. The number of hydrogen-bond donors (Lipinski definition) is 1. The molecule has 0 aliphatic heterocycles. The topological polar surface area (TPSA) is 46.5 Å². The van der Waals surface area contributed by atoms with Crippen molar-refractivity contribution in [3.8, 4) is 11.5 Å². The lowest BCUT2D eigenvalue weighted by Gasteiger charge is -2.20. The van der Waals surface area contributed by atoms with Gasteiger partial charge >= 0.3 is 0 Å². The Morgan fingerprint density at radius 1 is 1.41 bits per heavy atom. The van der Waals surface area contributed by atoms with Gasteiger partial charge in [-0.1, -0.05) is 26.8 Å². The van der Waals surface area contributed by atoms with Crippen molar-refractivity contribution in [3.63, 3.8) is 0 Å². The maximum Gasteiger partial charge on any atom is 0.161 e. The van der Waals surface area contributed by atoms with Gasteiger partial charge in [0.2, 0.25) is 0 Å². The van der Waals surface area contributed by atoms with E-state index in [0.29, 0.717) is 12.2 Å². The second-order valence-corrected chi connectivity index (χ2v) is 5.26. The summed E-state index contributed by atoms with van der Waals surface area (Å²) >= 11 is 0. The largest absolute Gasteiger partial charge is 0.504 e. The third-order valence-corrected chi connectivity index (χ3v) is 2.58. The Balaban J connectivity index is 2.87. The van der Waals surface area contributed by atoms with E-state index in [2.05, 4.69) is 20.8 Å². The summed E-state index contributed by atoms with van der Waals surface area (Å²) in [6.07, 6.45) is 0.907. The molecule has 3 heteroatoms. The smallest absolute Gasteiger partial charge is 0.161 e. The molecule has 0 spiro atoms. The van der Waals surface area contributed by atoms with Gasteiger partial charge in [-0.2, -0.15) is 0 Å². The van der Waals surface area contributed by atoms with Crippen LogP contribution in [0, 0.1) is 0 Å². The minimum Gasteiger partial charge on any atom is -0.504 e. The fourth-order valence-electron chi connectivity index (χ4n) is 1.48. The third kappa shape index (κ3) is 3.77. The van der Waals surface area contributed by atoms with Crippen LogP contribution in [-0.4, -0.2) is 17.5 Å². The minimum absolute atomic E-state index is 0.00950. The lowest BCUT2D eigenvalue weighted by atomic mass is 9.87. The van der Waals surface area contributed by atoms with Crippen LogP contribution in [0.1, 0.15) is 39.7 Å². The highest BCUT2D eigenvalue weighted by Gasteiger charge is 2.16. The SMILES string of the molecule is CC(CC=O)Oc1ccc(C(C)(C)C)cc1O. The van der Waals surface area contributed by atoms with Gasteiger partial charge in [0.15, 0.2) is 11.5 Å². The Hall–Kier alpha value is -1.51. The van der Waals surface area contributed by atoms with E-state index in [1.54, 1.807) is 19.1 Å². The quantitative estimate of drug-likeness (QED) is 0.817. The molecule has 0 heterocycles. The monoisotopic (exact) mass is 236 g/mol. The number of carbonyl (C=O) groups excluding carboxylic acids is 1.